The van der Waals surface area contributed by atoms with Crippen molar-refractivity contribution in [1.82, 2.24) is 19.9 Å². The summed E-state index contributed by atoms with van der Waals surface area (Å²) in [5, 5.41) is 3.37. The smallest absolute Gasteiger partial charge is 0.263 e. The Morgan fingerprint density at radius 3 is 2.86 bits per heavy atom. The molecule has 2 heterocycles. The zero-order chi connectivity index (χ0) is 21.1. The molecule has 29 heavy (non-hydrogen) atoms. The second-order valence-corrected chi connectivity index (χ2v) is 7.63. The molecule has 0 bridgehead atoms. The quantitative estimate of drug-likeness (QED) is 0.495. The lowest BCUT2D eigenvalue weighted by Gasteiger charge is -2.20. The SMILES string of the molecule is COCCC(=O)N(CCOC(C)C)c1ncc(C(=O)NCCCn2ccnc2)s1. The molecule has 2 aromatic heterocycles. The van der Waals surface area contributed by atoms with Crippen molar-refractivity contribution in [3.63, 3.8) is 0 Å². The molecule has 0 aromatic carbocycles. The first-order valence-electron chi connectivity index (χ1n) is 9.62. The van der Waals surface area contributed by atoms with Crippen LogP contribution in [0.3, 0.4) is 0 Å². The number of imidazole rings is 1. The summed E-state index contributed by atoms with van der Waals surface area (Å²) >= 11 is 1.20. The molecule has 0 spiro atoms. The van der Waals surface area contributed by atoms with Crippen LogP contribution in [0.4, 0.5) is 5.13 Å². The molecule has 0 saturated heterocycles. The molecule has 2 aromatic rings. The Labute approximate surface area is 175 Å². The van der Waals surface area contributed by atoms with E-state index in [0.29, 0.717) is 36.3 Å². The Morgan fingerprint density at radius 2 is 2.17 bits per heavy atom. The molecule has 0 atom stereocenters. The van der Waals surface area contributed by atoms with Gasteiger partial charge in [0.2, 0.25) is 5.91 Å². The van der Waals surface area contributed by atoms with Crippen LogP contribution in [-0.4, -0.2) is 65.9 Å². The first kappa shape index (κ1) is 23.0. The molecule has 0 fully saturated rings. The Hall–Kier alpha value is -2.30. The third-order valence-electron chi connectivity index (χ3n) is 3.97. The number of nitrogens with one attached hydrogen (secondary N) is 1. The van der Waals surface area contributed by atoms with Crippen molar-refractivity contribution in [2.75, 3.05) is 38.3 Å². The van der Waals surface area contributed by atoms with E-state index in [1.54, 1.807) is 24.5 Å². The maximum absolute atomic E-state index is 12.5. The lowest BCUT2D eigenvalue weighted by Crippen LogP contribution is -2.35. The number of amides is 2. The van der Waals surface area contributed by atoms with Gasteiger partial charge in [-0.15, -0.1) is 0 Å². The van der Waals surface area contributed by atoms with Gasteiger partial charge in [0.1, 0.15) is 4.88 Å². The van der Waals surface area contributed by atoms with E-state index in [1.807, 2.05) is 24.6 Å². The number of aromatic nitrogens is 3. The summed E-state index contributed by atoms with van der Waals surface area (Å²) in [5.41, 5.74) is 0. The lowest BCUT2D eigenvalue weighted by atomic mass is 10.4. The zero-order valence-corrected chi connectivity index (χ0v) is 18.0. The summed E-state index contributed by atoms with van der Waals surface area (Å²) in [6.07, 6.45) is 7.97. The van der Waals surface area contributed by atoms with Gasteiger partial charge in [-0.25, -0.2) is 9.97 Å². The van der Waals surface area contributed by atoms with Crippen LogP contribution in [0.5, 0.6) is 0 Å². The molecule has 160 valence electrons. The number of methoxy groups -OCH3 is 1. The average molecular weight is 424 g/mol. The van der Waals surface area contributed by atoms with Crippen molar-refractivity contribution < 1.29 is 19.1 Å². The van der Waals surface area contributed by atoms with Crippen LogP contribution < -0.4 is 10.2 Å². The minimum Gasteiger partial charge on any atom is -0.384 e. The number of aryl methyl sites for hydroxylation is 1. The fourth-order valence-electron chi connectivity index (χ4n) is 2.50. The van der Waals surface area contributed by atoms with Gasteiger partial charge in [-0.05, 0) is 20.3 Å². The lowest BCUT2D eigenvalue weighted by molar-refractivity contribution is -0.119. The standard InChI is InChI=1S/C19H29N5O4S/c1-15(2)28-12-10-24(17(25)5-11-27-3)19-22-13-16(29-19)18(26)21-6-4-8-23-9-7-20-14-23/h7,9,13-15H,4-6,8,10-12H2,1-3H3,(H,21,26). The van der Waals surface area contributed by atoms with E-state index in [1.165, 1.54) is 17.5 Å². The van der Waals surface area contributed by atoms with E-state index >= 15 is 0 Å². The molecule has 1 N–H and O–H groups in total. The topological polar surface area (TPSA) is 98.6 Å². The molecule has 0 saturated carbocycles. The minimum atomic E-state index is -0.192. The summed E-state index contributed by atoms with van der Waals surface area (Å²) in [6.45, 7) is 6.31. The van der Waals surface area contributed by atoms with Crippen LogP contribution in [0, 0.1) is 0 Å². The summed E-state index contributed by atoms with van der Waals surface area (Å²) in [4.78, 5) is 35.2. The molecule has 2 rings (SSSR count). The van der Waals surface area contributed by atoms with Crippen LogP contribution >= 0.6 is 11.3 Å². The molecule has 0 aliphatic heterocycles. The van der Waals surface area contributed by atoms with Crippen molar-refractivity contribution in [1.29, 1.82) is 0 Å². The number of anilines is 1. The van der Waals surface area contributed by atoms with E-state index in [-0.39, 0.29) is 24.3 Å². The van der Waals surface area contributed by atoms with Gasteiger partial charge in [-0.3, -0.25) is 14.5 Å². The number of rotatable bonds is 13. The Morgan fingerprint density at radius 1 is 1.34 bits per heavy atom. The van der Waals surface area contributed by atoms with Crippen LogP contribution in [-0.2, 0) is 20.8 Å². The Bertz CT molecular complexity index is 748. The molecule has 2 amide bonds. The van der Waals surface area contributed by atoms with Crippen LogP contribution in [0.15, 0.2) is 24.9 Å². The maximum atomic E-state index is 12.5. The molecule has 10 heteroatoms. The predicted molar refractivity (Wildman–Crippen MR) is 111 cm³/mol. The fourth-order valence-corrected chi connectivity index (χ4v) is 3.37. The molecule has 0 unspecified atom stereocenters. The van der Waals surface area contributed by atoms with Gasteiger partial charge in [0, 0.05) is 32.6 Å². The zero-order valence-electron chi connectivity index (χ0n) is 17.2. The van der Waals surface area contributed by atoms with Crippen molar-refractivity contribution in [3.8, 4) is 0 Å². The van der Waals surface area contributed by atoms with Gasteiger partial charge in [0.25, 0.3) is 5.91 Å². The van der Waals surface area contributed by atoms with E-state index < -0.39 is 0 Å². The van der Waals surface area contributed by atoms with Crippen LogP contribution in [0.1, 0.15) is 36.4 Å². The van der Waals surface area contributed by atoms with Crippen molar-refractivity contribution in [2.45, 2.75) is 39.3 Å². The van der Waals surface area contributed by atoms with E-state index in [9.17, 15) is 9.59 Å². The highest BCUT2D eigenvalue weighted by molar-refractivity contribution is 7.17. The second-order valence-electron chi connectivity index (χ2n) is 6.62. The van der Waals surface area contributed by atoms with Gasteiger partial charge in [-0.1, -0.05) is 11.3 Å². The maximum Gasteiger partial charge on any atom is 0.263 e. The van der Waals surface area contributed by atoms with Gasteiger partial charge >= 0.3 is 0 Å². The summed E-state index contributed by atoms with van der Waals surface area (Å²) < 4.78 is 12.5. The third-order valence-corrected chi connectivity index (χ3v) is 4.99. The minimum absolute atomic E-state index is 0.0749. The van der Waals surface area contributed by atoms with Crippen LogP contribution in [0.2, 0.25) is 0 Å². The number of ether oxygens (including phenoxy) is 2. The van der Waals surface area contributed by atoms with Gasteiger partial charge < -0.3 is 19.4 Å². The number of carbonyl (C=O) groups excluding carboxylic acids is 2. The van der Waals surface area contributed by atoms with Crippen LogP contribution in [0.25, 0.3) is 0 Å². The normalized spacial score (nSPS) is 11.0. The number of thiazole rings is 1. The highest BCUT2D eigenvalue weighted by Crippen LogP contribution is 2.23. The van der Waals surface area contributed by atoms with Crippen molar-refractivity contribution >= 4 is 28.3 Å². The molecule has 9 nitrogen and oxygen atoms in total. The third kappa shape index (κ3) is 7.92. The molecular formula is C19H29N5O4S. The molecule has 0 radical (unpaired) electrons. The largest absolute Gasteiger partial charge is 0.384 e. The van der Waals surface area contributed by atoms with Gasteiger partial charge in [0.15, 0.2) is 5.13 Å². The van der Waals surface area contributed by atoms with E-state index in [0.717, 1.165) is 13.0 Å². The number of hydrogen-bond acceptors (Lipinski definition) is 7. The Kier molecular flexibility index (Phi) is 9.75. The molecule has 0 aliphatic carbocycles. The van der Waals surface area contributed by atoms with E-state index in [2.05, 4.69) is 15.3 Å². The number of nitrogens with zero attached hydrogens (tertiary/aromatic N) is 4. The summed E-state index contributed by atoms with van der Waals surface area (Å²) in [5.74, 6) is -0.303. The van der Waals surface area contributed by atoms with Gasteiger partial charge in [0.05, 0.1) is 44.8 Å². The summed E-state index contributed by atoms with van der Waals surface area (Å²) in [6, 6.07) is 0. The summed E-state index contributed by atoms with van der Waals surface area (Å²) in [7, 11) is 1.55. The molecule has 0 aliphatic rings. The predicted octanol–water partition coefficient (Wildman–Crippen LogP) is 1.95. The first-order chi connectivity index (χ1) is 14.0. The number of hydrogen-bond donors (Lipinski definition) is 1. The number of carbonyl (C=O) groups is 2. The highest BCUT2D eigenvalue weighted by atomic mass is 32.1. The van der Waals surface area contributed by atoms with E-state index in [4.69, 9.17) is 9.47 Å². The fraction of sp³-hybridized carbons (Fsp3) is 0.579. The highest BCUT2D eigenvalue weighted by Gasteiger charge is 2.20. The monoisotopic (exact) mass is 423 g/mol. The van der Waals surface area contributed by atoms with Gasteiger partial charge in [-0.2, -0.15) is 0 Å². The van der Waals surface area contributed by atoms with Crippen molar-refractivity contribution in [2.24, 2.45) is 0 Å². The average Bonchev–Trinajstić information content (AvgIpc) is 3.38. The van der Waals surface area contributed by atoms with Crippen molar-refractivity contribution in [3.05, 3.63) is 29.8 Å². The second kappa shape index (κ2) is 12.3. The Balaban J connectivity index is 1.90. The first-order valence-corrected chi connectivity index (χ1v) is 10.4. The molecular weight excluding hydrogens is 394 g/mol.